The maximum Gasteiger partial charge on any atom is 0.317 e. The van der Waals surface area contributed by atoms with E-state index in [9.17, 15) is 4.79 Å². The number of fused-ring (bicyclic) bond motifs is 1. The Morgan fingerprint density at radius 3 is 2.73 bits per heavy atom. The second-order valence-electron chi connectivity index (χ2n) is 7.10. The summed E-state index contributed by atoms with van der Waals surface area (Å²) in [6, 6.07) is 13.3. The molecule has 1 N–H and O–H groups in total. The second-order valence-corrected chi connectivity index (χ2v) is 7.53. The maximum absolute atomic E-state index is 12.4. The van der Waals surface area contributed by atoms with E-state index < -0.39 is 0 Å². The van der Waals surface area contributed by atoms with Crippen molar-refractivity contribution >= 4 is 17.6 Å². The van der Waals surface area contributed by atoms with Gasteiger partial charge in [-0.2, -0.15) is 0 Å². The van der Waals surface area contributed by atoms with Crippen LogP contribution in [0.1, 0.15) is 25.0 Å². The topological polar surface area (TPSA) is 50.8 Å². The van der Waals surface area contributed by atoms with Gasteiger partial charge in [-0.3, -0.25) is 0 Å². The predicted molar refractivity (Wildman–Crippen MR) is 102 cm³/mol. The molecule has 2 aromatic rings. The lowest BCUT2D eigenvalue weighted by Crippen LogP contribution is -2.42. The Balaban J connectivity index is 1.59. The van der Waals surface area contributed by atoms with Crippen LogP contribution in [0.3, 0.4) is 0 Å². The molecule has 2 aromatic carbocycles. The highest BCUT2D eigenvalue weighted by molar-refractivity contribution is 6.30. The number of urea groups is 1. The number of hydrogen-bond donors (Lipinski definition) is 1. The van der Waals surface area contributed by atoms with Gasteiger partial charge in [0.25, 0.3) is 0 Å². The van der Waals surface area contributed by atoms with Gasteiger partial charge in [-0.15, -0.1) is 0 Å². The molecule has 5 nitrogen and oxygen atoms in total. The van der Waals surface area contributed by atoms with Crippen molar-refractivity contribution in [2.24, 2.45) is 0 Å². The smallest absolute Gasteiger partial charge is 0.317 e. The number of amides is 2. The van der Waals surface area contributed by atoms with Crippen LogP contribution in [0.5, 0.6) is 11.5 Å². The van der Waals surface area contributed by atoms with Crippen LogP contribution < -0.4 is 14.8 Å². The molecule has 138 valence electrons. The highest BCUT2D eigenvalue weighted by Crippen LogP contribution is 2.36. The molecule has 0 saturated heterocycles. The molecule has 0 aromatic heterocycles. The molecular formula is C20H23ClN2O3. The maximum atomic E-state index is 12.4. The van der Waals surface area contributed by atoms with Crippen LogP contribution in [-0.2, 0) is 12.0 Å². The zero-order chi connectivity index (χ0) is 18.7. The molecule has 0 unspecified atom stereocenters. The fraction of sp³-hybridized carbons (Fsp3) is 0.350. The summed E-state index contributed by atoms with van der Waals surface area (Å²) in [6.45, 7) is 5.43. The van der Waals surface area contributed by atoms with Gasteiger partial charge < -0.3 is 19.7 Å². The van der Waals surface area contributed by atoms with Crippen LogP contribution in [0.25, 0.3) is 0 Å². The highest BCUT2D eigenvalue weighted by atomic mass is 35.5. The van der Waals surface area contributed by atoms with Gasteiger partial charge in [0.1, 0.15) is 0 Å². The molecule has 2 amide bonds. The third-order valence-electron chi connectivity index (χ3n) is 4.49. The minimum absolute atomic E-state index is 0.126. The number of carbonyl (C=O) groups is 1. The summed E-state index contributed by atoms with van der Waals surface area (Å²) in [5.41, 5.74) is 1.83. The summed E-state index contributed by atoms with van der Waals surface area (Å²) in [5, 5.41) is 3.67. The standard InChI is InChI=1S/C20H23ClN2O3/c1-20(2,15-7-8-17-18(10-15)26-13-25-17)12-22-19(24)23(3)11-14-5-4-6-16(21)9-14/h4-10H,11-13H2,1-3H3,(H,22,24). The summed E-state index contributed by atoms with van der Waals surface area (Å²) in [4.78, 5) is 14.1. The first-order valence-electron chi connectivity index (χ1n) is 8.49. The number of ether oxygens (including phenoxy) is 2. The van der Waals surface area contributed by atoms with E-state index in [2.05, 4.69) is 19.2 Å². The first kappa shape index (κ1) is 18.4. The van der Waals surface area contributed by atoms with Crippen LogP contribution in [0.2, 0.25) is 5.02 Å². The quantitative estimate of drug-likeness (QED) is 0.853. The van der Waals surface area contributed by atoms with Crippen molar-refractivity contribution in [3.63, 3.8) is 0 Å². The lowest BCUT2D eigenvalue weighted by atomic mass is 9.84. The molecule has 1 aliphatic rings. The Morgan fingerprint density at radius 2 is 1.96 bits per heavy atom. The van der Waals surface area contributed by atoms with E-state index in [-0.39, 0.29) is 18.2 Å². The molecule has 0 saturated carbocycles. The lowest BCUT2D eigenvalue weighted by molar-refractivity contribution is 0.174. The summed E-state index contributed by atoms with van der Waals surface area (Å²) in [6.07, 6.45) is 0. The van der Waals surface area contributed by atoms with Gasteiger partial charge in [0, 0.05) is 30.6 Å². The van der Waals surface area contributed by atoms with Crippen molar-refractivity contribution in [2.75, 3.05) is 20.4 Å². The van der Waals surface area contributed by atoms with Gasteiger partial charge in [0.05, 0.1) is 0 Å². The summed E-state index contributed by atoms with van der Waals surface area (Å²) >= 11 is 6.00. The van der Waals surface area contributed by atoms with Crippen molar-refractivity contribution < 1.29 is 14.3 Å². The molecule has 0 radical (unpaired) electrons. The number of benzene rings is 2. The van der Waals surface area contributed by atoms with Gasteiger partial charge in [-0.25, -0.2) is 4.79 Å². The summed E-state index contributed by atoms with van der Waals surface area (Å²) in [7, 11) is 1.77. The fourth-order valence-corrected chi connectivity index (χ4v) is 3.04. The molecule has 6 heteroatoms. The molecule has 0 aliphatic carbocycles. The van der Waals surface area contributed by atoms with Gasteiger partial charge in [0.15, 0.2) is 11.5 Å². The molecule has 3 rings (SSSR count). The fourth-order valence-electron chi connectivity index (χ4n) is 2.83. The third-order valence-corrected chi connectivity index (χ3v) is 4.73. The number of nitrogens with zero attached hydrogens (tertiary/aromatic N) is 1. The zero-order valence-electron chi connectivity index (χ0n) is 15.2. The molecular weight excluding hydrogens is 352 g/mol. The van der Waals surface area contributed by atoms with Crippen molar-refractivity contribution in [3.8, 4) is 11.5 Å². The van der Waals surface area contributed by atoms with Crippen LogP contribution in [-0.4, -0.2) is 31.3 Å². The van der Waals surface area contributed by atoms with E-state index in [4.69, 9.17) is 21.1 Å². The first-order valence-corrected chi connectivity index (χ1v) is 8.86. The van der Waals surface area contributed by atoms with E-state index in [1.165, 1.54) is 0 Å². The van der Waals surface area contributed by atoms with Crippen molar-refractivity contribution in [1.82, 2.24) is 10.2 Å². The molecule has 1 heterocycles. The Morgan fingerprint density at radius 1 is 1.19 bits per heavy atom. The molecule has 0 fully saturated rings. The average molecular weight is 375 g/mol. The van der Waals surface area contributed by atoms with E-state index in [0.29, 0.717) is 18.1 Å². The lowest BCUT2D eigenvalue weighted by Gasteiger charge is -2.27. The summed E-state index contributed by atoms with van der Waals surface area (Å²) in [5.74, 6) is 1.51. The number of hydrogen-bond acceptors (Lipinski definition) is 3. The number of rotatable bonds is 5. The second kappa shape index (κ2) is 7.46. The van der Waals surface area contributed by atoms with E-state index in [1.807, 2.05) is 42.5 Å². The molecule has 0 bridgehead atoms. The number of nitrogens with one attached hydrogen (secondary N) is 1. The van der Waals surface area contributed by atoms with Crippen molar-refractivity contribution in [1.29, 1.82) is 0 Å². The largest absolute Gasteiger partial charge is 0.454 e. The first-order chi connectivity index (χ1) is 12.3. The molecule has 26 heavy (non-hydrogen) atoms. The minimum atomic E-state index is -0.243. The Hall–Kier alpha value is -2.40. The van der Waals surface area contributed by atoms with E-state index in [1.54, 1.807) is 11.9 Å². The normalized spacial score (nSPS) is 12.8. The zero-order valence-corrected chi connectivity index (χ0v) is 16.0. The average Bonchev–Trinajstić information content (AvgIpc) is 3.07. The van der Waals surface area contributed by atoms with Crippen LogP contribution >= 0.6 is 11.6 Å². The Kier molecular flexibility index (Phi) is 5.28. The van der Waals surface area contributed by atoms with Gasteiger partial charge >= 0.3 is 6.03 Å². The molecule has 1 aliphatic heterocycles. The van der Waals surface area contributed by atoms with Gasteiger partial charge in [-0.1, -0.05) is 43.6 Å². The SMILES string of the molecule is CN(Cc1cccc(Cl)c1)C(=O)NCC(C)(C)c1ccc2c(c1)OCO2. The van der Waals surface area contributed by atoms with E-state index >= 15 is 0 Å². The van der Waals surface area contributed by atoms with Crippen LogP contribution in [0.4, 0.5) is 4.79 Å². The van der Waals surface area contributed by atoms with Gasteiger partial charge in [-0.05, 0) is 35.4 Å². The van der Waals surface area contributed by atoms with Crippen LogP contribution in [0, 0.1) is 0 Å². The van der Waals surface area contributed by atoms with Crippen molar-refractivity contribution in [3.05, 3.63) is 58.6 Å². The number of halogens is 1. The summed E-state index contributed by atoms with van der Waals surface area (Å²) < 4.78 is 10.8. The highest BCUT2D eigenvalue weighted by Gasteiger charge is 2.25. The minimum Gasteiger partial charge on any atom is -0.454 e. The monoisotopic (exact) mass is 374 g/mol. The van der Waals surface area contributed by atoms with E-state index in [0.717, 1.165) is 22.6 Å². The molecule has 0 spiro atoms. The number of carbonyl (C=O) groups excluding carboxylic acids is 1. The molecule has 0 atom stereocenters. The third kappa shape index (κ3) is 4.22. The van der Waals surface area contributed by atoms with Gasteiger partial charge in [0.2, 0.25) is 6.79 Å². The van der Waals surface area contributed by atoms with Crippen molar-refractivity contribution in [2.45, 2.75) is 25.8 Å². The Bertz CT molecular complexity index is 807. The Labute approximate surface area is 158 Å². The predicted octanol–water partition coefficient (Wildman–Crippen LogP) is 4.19. The van der Waals surface area contributed by atoms with Crippen LogP contribution in [0.15, 0.2) is 42.5 Å².